The summed E-state index contributed by atoms with van der Waals surface area (Å²) in [5, 5.41) is 4.42. The number of hydrogen-bond acceptors (Lipinski definition) is 3. The minimum Gasteiger partial charge on any atom is -0.339 e. The highest BCUT2D eigenvalue weighted by Gasteiger charge is 2.24. The molecular formula is C23H24FN3O. The maximum atomic E-state index is 14.4. The largest absolute Gasteiger partial charge is 0.339 e. The molecule has 0 aromatic heterocycles. The van der Waals surface area contributed by atoms with Crippen molar-refractivity contribution >= 4 is 17.3 Å². The number of piperidine rings is 1. The van der Waals surface area contributed by atoms with Crippen molar-refractivity contribution in [3.8, 4) is 0 Å². The van der Waals surface area contributed by atoms with E-state index in [4.69, 9.17) is 0 Å². The van der Waals surface area contributed by atoms with Gasteiger partial charge in [0.05, 0.1) is 17.0 Å². The number of carbonyl (C=O) groups excluding carboxylic acids is 1. The molecule has 5 heteroatoms. The number of rotatable bonds is 3. The standard InChI is InChI=1S/C23H24FN3O/c1-15-9-11-27(12-10-15)23(28)20-13-17(7-8-21(20)24)14-22-19-6-4-3-5-18(19)16(2)25-26-22/h3-8,13,15,25H,2,9-12,14H2,1H3. The maximum absolute atomic E-state index is 14.4. The van der Waals surface area contributed by atoms with Crippen molar-refractivity contribution in [2.24, 2.45) is 11.0 Å². The lowest BCUT2D eigenvalue weighted by atomic mass is 9.94. The molecule has 0 aliphatic carbocycles. The molecule has 4 nitrogen and oxygen atoms in total. The van der Waals surface area contributed by atoms with Crippen LogP contribution in [0.2, 0.25) is 0 Å². The summed E-state index contributed by atoms with van der Waals surface area (Å²) in [4.78, 5) is 14.6. The van der Waals surface area contributed by atoms with Crippen molar-refractivity contribution in [1.82, 2.24) is 10.3 Å². The highest BCUT2D eigenvalue weighted by atomic mass is 19.1. The van der Waals surface area contributed by atoms with Crippen LogP contribution in [0.5, 0.6) is 0 Å². The lowest BCUT2D eigenvalue weighted by molar-refractivity contribution is 0.0692. The van der Waals surface area contributed by atoms with Crippen LogP contribution in [0.1, 0.15) is 46.8 Å². The van der Waals surface area contributed by atoms with Crippen molar-refractivity contribution in [3.63, 3.8) is 0 Å². The Bertz CT molecular complexity index is 958. The predicted octanol–water partition coefficient (Wildman–Crippen LogP) is 4.22. The molecule has 1 saturated heterocycles. The lowest BCUT2D eigenvalue weighted by Gasteiger charge is -2.30. The molecule has 144 valence electrons. The fraction of sp³-hybridized carbons (Fsp3) is 0.304. The third kappa shape index (κ3) is 3.57. The molecule has 1 fully saturated rings. The Morgan fingerprint density at radius 3 is 2.68 bits per heavy atom. The molecule has 0 unspecified atom stereocenters. The van der Waals surface area contributed by atoms with E-state index in [-0.39, 0.29) is 11.5 Å². The quantitative estimate of drug-likeness (QED) is 0.870. The molecule has 0 radical (unpaired) electrons. The van der Waals surface area contributed by atoms with E-state index in [9.17, 15) is 9.18 Å². The Hall–Kier alpha value is -2.95. The van der Waals surface area contributed by atoms with E-state index in [1.165, 1.54) is 6.07 Å². The molecule has 2 aromatic rings. The van der Waals surface area contributed by atoms with Crippen molar-refractivity contribution in [3.05, 3.63) is 77.1 Å². The van der Waals surface area contributed by atoms with Crippen molar-refractivity contribution in [1.29, 1.82) is 0 Å². The first kappa shape index (κ1) is 18.4. The maximum Gasteiger partial charge on any atom is 0.256 e. The second-order valence-corrected chi connectivity index (χ2v) is 7.66. The van der Waals surface area contributed by atoms with Crippen LogP contribution in [0, 0.1) is 11.7 Å². The zero-order valence-corrected chi connectivity index (χ0v) is 16.0. The first-order valence-electron chi connectivity index (χ1n) is 9.72. The number of likely N-dealkylation sites (tertiary alicyclic amines) is 1. The normalized spacial score (nSPS) is 17.0. The van der Waals surface area contributed by atoms with Gasteiger partial charge in [0.25, 0.3) is 5.91 Å². The Balaban J connectivity index is 1.58. The third-order valence-corrected chi connectivity index (χ3v) is 5.59. The van der Waals surface area contributed by atoms with E-state index in [1.807, 2.05) is 24.3 Å². The number of carbonyl (C=O) groups is 1. The summed E-state index contributed by atoms with van der Waals surface area (Å²) in [5.41, 5.74) is 7.58. The number of hydrazone groups is 1. The summed E-state index contributed by atoms with van der Waals surface area (Å²) in [7, 11) is 0. The van der Waals surface area contributed by atoms with Crippen LogP contribution in [0.3, 0.4) is 0 Å². The Kier molecular flexibility index (Phi) is 4.99. The van der Waals surface area contributed by atoms with E-state index in [0.717, 1.165) is 40.9 Å². The lowest BCUT2D eigenvalue weighted by Crippen LogP contribution is -2.38. The number of amides is 1. The zero-order valence-electron chi connectivity index (χ0n) is 16.0. The average molecular weight is 377 g/mol. The number of halogens is 1. The molecule has 1 amide bonds. The Morgan fingerprint density at radius 1 is 1.21 bits per heavy atom. The van der Waals surface area contributed by atoms with Gasteiger partial charge in [-0.25, -0.2) is 4.39 Å². The molecule has 28 heavy (non-hydrogen) atoms. The van der Waals surface area contributed by atoms with Gasteiger partial charge in [-0.2, -0.15) is 5.10 Å². The highest BCUT2D eigenvalue weighted by molar-refractivity contribution is 6.07. The highest BCUT2D eigenvalue weighted by Crippen LogP contribution is 2.24. The SMILES string of the molecule is C=C1NN=C(Cc2ccc(F)c(C(=O)N3CCC(C)CC3)c2)c2ccccc21. The Morgan fingerprint density at radius 2 is 1.93 bits per heavy atom. The van der Waals surface area contributed by atoms with Gasteiger partial charge in [0, 0.05) is 30.6 Å². The first-order valence-corrected chi connectivity index (χ1v) is 9.72. The van der Waals surface area contributed by atoms with Crippen LogP contribution in [0.25, 0.3) is 5.70 Å². The van der Waals surface area contributed by atoms with Crippen LogP contribution in [0.4, 0.5) is 4.39 Å². The van der Waals surface area contributed by atoms with E-state index >= 15 is 0 Å². The van der Waals surface area contributed by atoms with Crippen LogP contribution >= 0.6 is 0 Å². The van der Waals surface area contributed by atoms with Gasteiger partial charge in [-0.15, -0.1) is 0 Å². The topological polar surface area (TPSA) is 44.7 Å². The van der Waals surface area contributed by atoms with Gasteiger partial charge in [0.2, 0.25) is 0 Å². The van der Waals surface area contributed by atoms with Gasteiger partial charge >= 0.3 is 0 Å². The Labute approximate surface area is 164 Å². The number of nitrogens with one attached hydrogen (secondary N) is 1. The summed E-state index contributed by atoms with van der Waals surface area (Å²) in [6.07, 6.45) is 2.45. The molecule has 2 aliphatic heterocycles. The number of benzene rings is 2. The molecule has 2 aliphatic rings. The fourth-order valence-electron chi connectivity index (χ4n) is 3.81. The van der Waals surface area contributed by atoms with Crippen LogP contribution in [-0.4, -0.2) is 29.6 Å². The second-order valence-electron chi connectivity index (χ2n) is 7.66. The molecule has 0 spiro atoms. The smallest absolute Gasteiger partial charge is 0.256 e. The van der Waals surface area contributed by atoms with Gasteiger partial charge in [0.1, 0.15) is 5.82 Å². The number of hydrogen-bond donors (Lipinski definition) is 1. The van der Waals surface area contributed by atoms with Gasteiger partial charge in [-0.1, -0.05) is 43.8 Å². The molecule has 0 saturated carbocycles. The van der Waals surface area contributed by atoms with Gasteiger partial charge in [-0.05, 0) is 36.5 Å². The molecule has 1 N–H and O–H groups in total. The average Bonchev–Trinajstić information content (AvgIpc) is 2.72. The summed E-state index contributed by atoms with van der Waals surface area (Å²) in [6.45, 7) is 7.55. The number of fused-ring (bicyclic) bond motifs is 1. The molecule has 4 rings (SSSR count). The monoisotopic (exact) mass is 377 g/mol. The summed E-state index contributed by atoms with van der Waals surface area (Å²) in [6, 6.07) is 12.7. The number of nitrogens with zero attached hydrogens (tertiary/aromatic N) is 2. The van der Waals surface area contributed by atoms with Crippen molar-refractivity contribution in [2.45, 2.75) is 26.2 Å². The van der Waals surface area contributed by atoms with E-state index in [1.54, 1.807) is 17.0 Å². The molecular weight excluding hydrogens is 353 g/mol. The van der Waals surface area contributed by atoms with E-state index in [0.29, 0.717) is 25.4 Å². The zero-order chi connectivity index (χ0) is 19.7. The van der Waals surface area contributed by atoms with E-state index < -0.39 is 5.82 Å². The van der Waals surface area contributed by atoms with Crippen LogP contribution in [0.15, 0.2) is 54.1 Å². The summed E-state index contributed by atoms with van der Waals surface area (Å²) >= 11 is 0. The molecule has 0 bridgehead atoms. The summed E-state index contributed by atoms with van der Waals surface area (Å²) < 4.78 is 14.4. The van der Waals surface area contributed by atoms with Gasteiger partial charge < -0.3 is 4.90 Å². The van der Waals surface area contributed by atoms with Gasteiger partial charge in [-0.3, -0.25) is 10.2 Å². The van der Waals surface area contributed by atoms with Crippen LogP contribution < -0.4 is 5.43 Å². The minimum absolute atomic E-state index is 0.147. The summed E-state index contributed by atoms with van der Waals surface area (Å²) in [5.74, 6) is -0.0690. The van der Waals surface area contributed by atoms with Crippen LogP contribution in [-0.2, 0) is 6.42 Å². The first-order chi connectivity index (χ1) is 13.5. The van der Waals surface area contributed by atoms with Crippen molar-refractivity contribution < 1.29 is 9.18 Å². The van der Waals surface area contributed by atoms with Gasteiger partial charge in [0.15, 0.2) is 0 Å². The van der Waals surface area contributed by atoms with Crippen molar-refractivity contribution in [2.75, 3.05) is 13.1 Å². The molecule has 2 aromatic carbocycles. The fourth-order valence-corrected chi connectivity index (χ4v) is 3.81. The molecule has 0 atom stereocenters. The van der Waals surface area contributed by atoms with E-state index in [2.05, 4.69) is 24.0 Å². The second kappa shape index (κ2) is 7.58. The third-order valence-electron chi connectivity index (χ3n) is 5.59. The predicted molar refractivity (Wildman–Crippen MR) is 110 cm³/mol. The molecule has 2 heterocycles. The minimum atomic E-state index is -0.468.